The number of hydrogen-bond donors (Lipinski definition) is 4. The third-order valence-corrected chi connectivity index (χ3v) is 4.59. The maximum Gasteiger partial charge on any atom is 0.418 e. The number of primary amides is 1. The van der Waals surface area contributed by atoms with Gasteiger partial charge in [0.2, 0.25) is 5.91 Å². The first-order chi connectivity index (χ1) is 14.0. The molecule has 2 bridgehead atoms. The molecule has 3 heterocycles. The summed E-state index contributed by atoms with van der Waals surface area (Å²) >= 11 is 0. The summed E-state index contributed by atoms with van der Waals surface area (Å²) in [5.41, 5.74) is 9.28. The molecule has 164 valence electrons. The Morgan fingerprint density at radius 2 is 2.00 bits per heavy atom. The van der Waals surface area contributed by atoms with E-state index in [1.807, 2.05) is 0 Å². The fourth-order valence-electron chi connectivity index (χ4n) is 3.06. The average molecular weight is 447 g/mol. The van der Waals surface area contributed by atoms with Crippen LogP contribution in [0.3, 0.4) is 0 Å². The molecule has 0 unspecified atom stereocenters. The van der Waals surface area contributed by atoms with E-state index in [-0.39, 0.29) is 31.6 Å². The van der Waals surface area contributed by atoms with Crippen molar-refractivity contribution < 1.29 is 36.4 Å². The molecule has 0 radical (unpaired) electrons. The lowest BCUT2D eigenvalue weighted by atomic mass is 10.0. The number of urea groups is 1. The molecule has 2 fully saturated rings. The molecule has 30 heavy (non-hydrogen) atoms. The Morgan fingerprint density at radius 1 is 1.27 bits per heavy atom. The highest BCUT2D eigenvalue weighted by atomic mass is 32.3. The zero-order valence-electron chi connectivity index (χ0n) is 15.2. The summed E-state index contributed by atoms with van der Waals surface area (Å²) in [4.78, 5) is 49.3. The van der Waals surface area contributed by atoms with Crippen molar-refractivity contribution in [1.82, 2.24) is 41.0 Å². The van der Waals surface area contributed by atoms with Crippen molar-refractivity contribution in [2.75, 3.05) is 6.54 Å². The third kappa shape index (κ3) is 4.96. The number of nitrogens with zero attached hydrogens (tertiary/aromatic N) is 6. The summed E-state index contributed by atoms with van der Waals surface area (Å²) in [5.74, 6) is -2.08. The maximum absolute atomic E-state index is 12.4. The van der Waals surface area contributed by atoms with E-state index in [1.54, 1.807) is 0 Å². The van der Waals surface area contributed by atoms with Gasteiger partial charge in [-0.2, -0.15) is 18.3 Å². The first-order valence-electron chi connectivity index (χ1n) is 8.44. The Labute approximate surface area is 168 Å². The minimum Gasteiger partial charge on any atom is -0.369 e. The molecule has 3 rings (SSSR count). The van der Waals surface area contributed by atoms with Crippen LogP contribution in [-0.2, 0) is 42.0 Å². The number of fused-ring (bicyclic) bond motifs is 2. The van der Waals surface area contributed by atoms with E-state index in [4.69, 9.17) is 10.3 Å². The van der Waals surface area contributed by atoms with Crippen LogP contribution in [0.4, 0.5) is 4.79 Å². The molecule has 5 N–H and O–H groups in total. The fourth-order valence-corrected chi connectivity index (χ4v) is 3.45. The van der Waals surface area contributed by atoms with Crippen molar-refractivity contribution >= 4 is 34.2 Å². The number of carbonyl (C=O) groups is 4. The smallest absolute Gasteiger partial charge is 0.369 e. The maximum atomic E-state index is 12.4. The molecular formula is C12H17N9O8S. The van der Waals surface area contributed by atoms with Crippen LogP contribution in [0.5, 0.6) is 0 Å². The molecule has 2 aliphatic heterocycles. The molecule has 0 saturated carbocycles. The first kappa shape index (κ1) is 21.3. The minimum atomic E-state index is -4.90. The van der Waals surface area contributed by atoms with Gasteiger partial charge in [0.25, 0.3) is 11.8 Å². The van der Waals surface area contributed by atoms with E-state index < -0.39 is 52.8 Å². The Morgan fingerprint density at radius 3 is 2.67 bits per heavy atom. The summed E-state index contributed by atoms with van der Waals surface area (Å²) < 4.78 is 34.8. The molecule has 1 aromatic heterocycles. The van der Waals surface area contributed by atoms with Crippen molar-refractivity contribution in [2.24, 2.45) is 5.73 Å². The number of piperidine rings is 1. The van der Waals surface area contributed by atoms with Gasteiger partial charge in [-0.1, -0.05) is 0 Å². The zero-order valence-corrected chi connectivity index (χ0v) is 16.0. The van der Waals surface area contributed by atoms with Gasteiger partial charge in [-0.25, -0.2) is 4.79 Å². The zero-order chi connectivity index (χ0) is 22.1. The molecule has 0 spiro atoms. The highest BCUT2D eigenvalue weighted by molar-refractivity contribution is 7.80. The number of tetrazole rings is 1. The van der Waals surface area contributed by atoms with E-state index in [1.165, 1.54) is 0 Å². The van der Waals surface area contributed by atoms with Gasteiger partial charge in [-0.3, -0.25) is 29.8 Å². The highest BCUT2D eigenvalue weighted by Gasteiger charge is 2.49. The van der Waals surface area contributed by atoms with E-state index >= 15 is 0 Å². The number of hydrogen-bond acceptors (Lipinski definition) is 10. The van der Waals surface area contributed by atoms with Gasteiger partial charge >= 0.3 is 16.4 Å². The second-order valence-corrected chi connectivity index (χ2v) is 7.43. The number of carbonyl (C=O) groups excluding carboxylic acids is 4. The molecule has 0 aliphatic carbocycles. The van der Waals surface area contributed by atoms with Gasteiger partial charge in [0, 0.05) is 6.54 Å². The molecule has 5 amide bonds. The first-order valence-corrected chi connectivity index (χ1v) is 9.80. The Balaban J connectivity index is 1.51. The molecule has 17 nitrogen and oxygen atoms in total. The summed E-state index contributed by atoms with van der Waals surface area (Å²) in [6.45, 7) is -0.413. The van der Waals surface area contributed by atoms with Gasteiger partial charge < -0.3 is 10.6 Å². The molecule has 18 heteroatoms. The molecule has 1 aromatic rings. The van der Waals surface area contributed by atoms with Gasteiger partial charge in [-0.05, 0) is 18.1 Å². The van der Waals surface area contributed by atoms with Crippen molar-refractivity contribution in [3.63, 3.8) is 0 Å². The normalized spacial score (nSPS) is 20.9. The van der Waals surface area contributed by atoms with Crippen LogP contribution in [-0.4, -0.2) is 85.5 Å². The van der Waals surface area contributed by atoms with Crippen LogP contribution in [0.1, 0.15) is 18.7 Å². The summed E-state index contributed by atoms with van der Waals surface area (Å²) in [6, 6.07) is -2.54. The Kier molecular flexibility index (Phi) is 5.80. The number of amides is 5. The number of rotatable bonds is 7. The van der Waals surface area contributed by atoms with Crippen LogP contribution in [0.2, 0.25) is 0 Å². The fraction of sp³-hybridized carbons (Fsp3) is 0.583. The second-order valence-electron chi connectivity index (χ2n) is 6.43. The average Bonchev–Trinajstić information content (AvgIpc) is 3.16. The van der Waals surface area contributed by atoms with Crippen LogP contribution in [0, 0.1) is 0 Å². The Hall–Kier alpha value is -3.38. The standard InChI is InChI=1S/C12H17N9O8S/c13-8(22)3-9-14-18-20(17-9)5-10(23)15-16-11(24)7-2-1-6-4-19(7)12(25)21(6)29-30(26,27)28/h6-7H,1-5H2,(H2,13,22)(H,15,23)(H,16,24)(H,26,27,28)/t6-,7+/m1/s1. The van der Waals surface area contributed by atoms with Gasteiger partial charge in [-0.15, -0.1) is 14.5 Å². The SMILES string of the molecule is NC(=O)Cc1nnn(CC(=O)NNC(=O)[C@@H]2CC[C@@H]3CN2C(=O)N3OS(=O)(=O)O)n1. The lowest BCUT2D eigenvalue weighted by Gasteiger charge is -2.29. The monoisotopic (exact) mass is 447 g/mol. The molecule has 0 aromatic carbocycles. The van der Waals surface area contributed by atoms with Crippen LogP contribution in [0.15, 0.2) is 0 Å². The predicted molar refractivity (Wildman–Crippen MR) is 90.4 cm³/mol. The van der Waals surface area contributed by atoms with Crippen molar-refractivity contribution in [2.45, 2.75) is 37.9 Å². The van der Waals surface area contributed by atoms with Crippen molar-refractivity contribution in [3.05, 3.63) is 5.82 Å². The van der Waals surface area contributed by atoms with E-state index in [0.717, 1.165) is 9.70 Å². The quantitative estimate of drug-likeness (QED) is 0.231. The lowest BCUT2D eigenvalue weighted by Crippen LogP contribution is -2.54. The van der Waals surface area contributed by atoms with Crippen LogP contribution < -0.4 is 16.6 Å². The van der Waals surface area contributed by atoms with Gasteiger partial charge in [0.15, 0.2) is 5.82 Å². The summed E-state index contributed by atoms with van der Waals surface area (Å²) in [6.07, 6.45) is 0.156. The topological polar surface area (TPSA) is 232 Å². The van der Waals surface area contributed by atoms with E-state index in [0.29, 0.717) is 5.06 Å². The van der Waals surface area contributed by atoms with Crippen LogP contribution in [0.25, 0.3) is 0 Å². The number of hydroxylamine groups is 2. The Bertz CT molecular complexity index is 978. The number of nitrogens with two attached hydrogens (primary N) is 1. The molecular weight excluding hydrogens is 430 g/mol. The van der Waals surface area contributed by atoms with Crippen molar-refractivity contribution in [3.8, 4) is 0 Å². The number of nitrogens with one attached hydrogen (secondary N) is 2. The molecule has 2 saturated heterocycles. The number of hydrazine groups is 1. The molecule has 2 aliphatic rings. The largest absolute Gasteiger partial charge is 0.418 e. The second kappa shape index (κ2) is 8.16. The molecule has 2 atom stereocenters. The highest BCUT2D eigenvalue weighted by Crippen LogP contribution is 2.30. The van der Waals surface area contributed by atoms with Gasteiger partial charge in [0.1, 0.15) is 12.6 Å². The van der Waals surface area contributed by atoms with Crippen molar-refractivity contribution in [1.29, 1.82) is 0 Å². The lowest BCUT2D eigenvalue weighted by molar-refractivity contribution is -0.132. The van der Waals surface area contributed by atoms with Crippen LogP contribution >= 0.6 is 0 Å². The number of aromatic nitrogens is 4. The summed E-state index contributed by atoms with van der Waals surface area (Å²) in [7, 11) is -4.90. The van der Waals surface area contributed by atoms with Gasteiger partial charge in [0.05, 0.1) is 12.5 Å². The predicted octanol–water partition coefficient (Wildman–Crippen LogP) is -4.15. The van der Waals surface area contributed by atoms with E-state index in [9.17, 15) is 27.6 Å². The summed E-state index contributed by atoms with van der Waals surface area (Å²) in [5, 5.41) is 11.4. The third-order valence-electron chi connectivity index (χ3n) is 4.24. The van der Waals surface area contributed by atoms with E-state index in [2.05, 4.69) is 30.5 Å². The minimum absolute atomic E-state index is 0.00586.